The SMILES string of the molecule is NC(=O)OC1CC(S)C1. The Kier molecular flexibility index (Phi) is 1.85. The standard InChI is InChI=1S/C5H9NO2S/c6-5(7)8-3-1-4(9)2-3/h3-4,9H,1-2H2,(H2,6,7). The van der Waals surface area contributed by atoms with Crippen molar-refractivity contribution in [3.63, 3.8) is 0 Å². The number of ether oxygens (including phenoxy) is 1. The van der Waals surface area contributed by atoms with Gasteiger partial charge in [0.25, 0.3) is 0 Å². The number of hydrogen-bond acceptors (Lipinski definition) is 3. The van der Waals surface area contributed by atoms with E-state index in [9.17, 15) is 4.79 Å². The molecule has 0 radical (unpaired) electrons. The molecule has 0 aromatic carbocycles. The molecule has 0 aliphatic heterocycles. The quantitative estimate of drug-likeness (QED) is 0.532. The van der Waals surface area contributed by atoms with Gasteiger partial charge in [-0.05, 0) is 12.8 Å². The van der Waals surface area contributed by atoms with E-state index in [0.29, 0.717) is 5.25 Å². The third-order valence-corrected chi connectivity index (χ3v) is 1.77. The van der Waals surface area contributed by atoms with E-state index in [0.717, 1.165) is 12.8 Å². The highest BCUT2D eigenvalue weighted by atomic mass is 32.1. The predicted octanol–water partition coefficient (Wildman–Crippen LogP) is 0.543. The van der Waals surface area contributed by atoms with Crippen LogP contribution in [0.1, 0.15) is 12.8 Å². The van der Waals surface area contributed by atoms with Gasteiger partial charge in [0, 0.05) is 5.25 Å². The molecule has 1 amide bonds. The number of carbonyl (C=O) groups excluding carboxylic acids is 1. The minimum atomic E-state index is -0.680. The fourth-order valence-corrected chi connectivity index (χ4v) is 1.27. The molecule has 52 valence electrons. The van der Waals surface area contributed by atoms with Gasteiger partial charge in [0.2, 0.25) is 0 Å². The predicted molar refractivity (Wildman–Crippen MR) is 36.5 cm³/mol. The third-order valence-electron chi connectivity index (χ3n) is 1.35. The molecular formula is C5H9NO2S. The van der Waals surface area contributed by atoms with Crippen LogP contribution in [0.5, 0.6) is 0 Å². The lowest BCUT2D eigenvalue weighted by Gasteiger charge is -2.30. The molecular weight excluding hydrogens is 138 g/mol. The zero-order valence-corrected chi connectivity index (χ0v) is 5.80. The van der Waals surface area contributed by atoms with Gasteiger partial charge in [-0.1, -0.05) is 0 Å². The molecule has 1 aliphatic carbocycles. The lowest BCUT2D eigenvalue weighted by atomic mass is 9.95. The lowest BCUT2D eigenvalue weighted by molar-refractivity contribution is 0.0633. The van der Waals surface area contributed by atoms with Crippen LogP contribution in [0.25, 0.3) is 0 Å². The number of amides is 1. The maximum Gasteiger partial charge on any atom is 0.404 e. The van der Waals surface area contributed by atoms with Crippen LogP contribution in [0, 0.1) is 0 Å². The van der Waals surface area contributed by atoms with Crippen molar-refractivity contribution in [1.82, 2.24) is 0 Å². The summed E-state index contributed by atoms with van der Waals surface area (Å²) in [4.78, 5) is 10.1. The number of hydrogen-bond donors (Lipinski definition) is 2. The number of primary amides is 1. The Morgan fingerprint density at radius 2 is 2.22 bits per heavy atom. The minimum absolute atomic E-state index is 0.0324. The molecule has 0 atom stereocenters. The Morgan fingerprint density at radius 3 is 2.56 bits per heavy atom. The maximum atomic E-state index is 10.1. The van der Waals surface area contributed by atoms with Gasteiger partial charge in [0.05, 0.1) is 0 Å². The van der Waals surface area contributed by atoms with Crippen LogP contribution in [0.3, 0.4) is 0 Å². The first kappa shape index (κ1) is 6.74. The molecule has 9 heavy (non-hydrogen) atoms. The average Bonchev–Trinajstić information content (AvgIpc) is 1.60. The van der Waals surface area contributed by atoms with Gasteiger partial charge in [-0.2, -0.15) is 12.6 Å². The fourth-order valence-electron chi connectivity index (χ4n) is 0.798. The third kappa shape index (κ3) is 1.78. The van der Waals surface area contributed by atoms with Crippen LogP contribution in [0.4, 0.5) is 4.79 Å². The van der Waals surface area contributed by atoms with Crippen LogP contribution in [0.2, 0.25) is 0 Å². The second-order valence-electron chi connectivity index (χ2n) is 2.18. The molecule has 1 saturated carbocycles. The Labute approximate surface area is 59.0 Å². The Bertz CT molecular complexity index is 122. The molecule has 1 aliphatic rings. The van der Waals surface area contributed by atoms with E-state index in [4.69, 9.17) is 5.73 Å². The number of thiol groups is 1. The Balaban J connectivity index is 2.11. The molecule has 4 heteroatoms. The molecule has 0 bridgehead atoms. The first-order valence-corrected chi connectivity index (χ1v) is 3.34. The first-order valence-electron chi connectivity index (χ1n) is 2.82. The number of carbonyl (C=O) groups is 1. The van der Waals surface area contributed by atoms with Crippen LogP contribution in [-0.2, 0) is 4.74 Å². The number of rotatable bonds is 1. The molecule has 1 rings (SSSR count). The van der Waals surface area contributed by atoms with E-state index in [1.807, 2.05) is 0 Å². The number of nitrogens with two attached hydrogens (primary N) is 1. The molecule has 0 unspecified atom stereocenters. The van der Waals surface area contributed by atoms with E-state index < -0.39 is 6.09 Å². The summed E-state index contributed by atoms with van der Waals surface area (Å²) in [6.07, 6.45) is 1.03. The van der Waals surface area contributed by atoms with E-state index in [1.54, 1.807) is 0 Å². The van der Waals surface area contributed by atoms with Crippen molar-refractivity contribution in [2.24, 2.45) is 5.73 Å². The van der Waals surface area contributed by atoms with Crippen molar-refractivity contribution in [1.29, 1.82) is 0 Å². The average molecular weight is 147 g/mol. The molecule has 0 heterocycles. The molecule has 3 nitrogen and oxygen atoms in total. The van der Waals surface area contributed by atoms with Crippen molar-refractivity contribution >= 4 is 18.7 Å². The molecule has 0 aromatic rings. The van der Waals surface area contributed by atoms with Gasteiger partial charge in [-0.3, -0.25) is 0 Å². The summed E-state index contributed by atoms with van der Waals surface area (Å²) in [5, 5.41) is 0.398. The lowest BCUT2D eigenvalue weighted by Crippen LogP contribution is -2.35. The fraction of sp³-hybridized carbons (Fsp3) is 0.800. The topological polar surface area (TPSA) is 52.3 Å². The van der Waals surface area contributed by atoms with Crippen LogP contribution < -0.4 is 5.73 Å². The summed E-state index contributed by atoms with van der Waals surface area (Å²) >= 11 is 4.13. The van der Waals surface area contributed by atoms with Crippen LogP contribution in [0.15, 0.2) is 0 Å². The summed E-state index contributed by atoms with van der Waals surface area (Å²) in [5.41, 5.74) is 4.76. The van der Waals surface area contributed by atoms with Crippen LogP contribution >= 0.6 is 12.6 Å². The summed E-state index contributed by atoms with van der Waals surface area (Å²) < 4.78 is 4.65. The summed E-state index contributed by atoms with van der Waals surface area (Å²) in [5.74, 6) is 0. The van der Waals surface area contributed by atoms with E-state index in [2.05, 4.69) is 17.4 Å². The van der Waals surface area contributed by atoms with Crippen molar-refractivity contribution in [3.05, 3.63) is 0 Å². The van der Waals surface area contributed by atoms with Crippen molar-refractivity contribution in [2.45, 2.75) is 24.2 Å². The summed E-state index contributed by atoms with van der Waals surface area (Å²) in [6, 6.07) is 0. The highest BCUT2D eigenvalue weighted by molar-refractivity contribution is 7.81. The van der Waals surface area contributed by atoms with Crippen molar-refractivity contribution in [3.8, 4) is 0 Å². The van der Waals surface area contributed by atoms with Gasteiger partial charge in [-0.25, -0.2) is 4.79 Å². The highest BCUT2D eigenvalue weighted by Crippen LogP contribution is 2.27. The van der Waals surface area contributed by atoms with Crippen molar-refractivity contribution < 1.29 is 9.53 Å². The van der Waals surface area contributed by atoms with Gasteiger partial charge in [0.1, 0.15) is 6.10 Å². The van der Waals surface area contributed by atoms with Gasteiger partial charge >= 0.3 is 6.09 Å². The monoisotopic (exact) mass is 147 g/mol. The highest BCUT2D eigenvalue weighted by Gasteiger charge is 2.28. The summed E-state index contributed by atoms with van der Waals surface area (Å²) in [7, 11) is 0. The van der Waals surface area contributed by atoms with E-state index >= 15 is 0 Å². The van der Waals surface area contributed by atoms with Crippen LogP contribution in [-0.4, -0.2) is 17.4 Å². The molecule has 0 aromatic heterocycles. The first-order chi connectivity index (χ1) is 4.18. The second-order valence-corrected chi connectivity index (χ2v) is 2.91. The molecule has 2 N–H and O–H groups in total. The van der Waals surface area contributed by atoms with E-state index in [1.165, 1.54) is 0 Å². The smallest absolute Gasteiger partial charge is 0.404 e. The van der Waals surface area contributed by atoms with Crippen molar-refractivity contribution in [2.75, 3.05) is 0 Å². The zero-order valence-electron chi connectivity index (χ0n) is 4.91. The molecule has 0 saturated heterocycles. The molecule has 0 spiro atoms. The minimum Gasteiger partial charge on any atom is -0.446 e. The van der Waals surface area contributed by atoms with Gasteiger partial charge in [0.15, 0.2) is 0 Å². The Morgan fingerprint density at radius 1 is 1.67 bits per heavy atom. The summed E-state index contributed by atoms with van der Waals surface area (Å²) in [6.45, 7) is 0. The maximum absolute atomic E-state index is 10.1. The largest absolute Gasteiger partial charge is 0.446 e. The Hall–Kier alpha value is -0.380. The normalized spacial score (nSPS) is 33.0. The second kappa shape index (κ2) is 2.47. The van der Waals surface area contributed by atoms with Gasteiger partial charge < -0.3 is 10.5 Å². The zero-order chi connectivity index (χ0) is 6.85. The van der Waals surface area contributed by atoms with Gasteiger partial charge in [-0.15, -0.1) is 0 Å². The van der Waals surface area contributed by atoms with E-state index in [-0.39, 0.29) is 6.10 Å². The molecule has 1 fully saturated rings.